The first-order chi connectivity index (χ1) is 15.5. The Morgan fingerprint density at radius 3 is 2.84 bits per heavy atom. The van der Waals surface area contributed by atoms with Crippen LogP contribution in [0.5, 0.6) is 0 Å². The van der Waals surface area contributed by atoms with Crippen molar-refractivity contribution in [1.82, 2.24) is 15.2 Å². The van der Waals surface area contributed by atoms with E-state index >= 15 is 0 Å². The molecule has 9 heteroatoms. The van der Waals surface area contributed by atoms with E-state index in [1.807, 2.05) is 0 Å². The third kappa shape index (κ3) is 5.26. The largest absolute Gasteiger partial charge is 0.316 e. The molecule has 1 aromatic carbocycles. The van der Waals surface area contributed by atoms with E-state index in [0.717, 1.165) is 36.8 Å². The molecule has 0 saturated carbocycles. The predicted molar refractivity (Wildman–Crippen MR) is 126 cm³/mol. The molecule has 2 heterocycles. The van der Waals surface area contributed by atoms with Crippen LogP contribution in [0.25, 0.3) is 12.2 Å². The Hall–Kier alpha value is -2.96. The monoisotopic (exact) mass is 467 g/mol. The zero-order valence-electron chi connectivity index (χ0n) is 17.5. The third-order valence-corrected chi connectivity index (χ3v) is 7.38. The number of nitrogens with zero attached hydrogens (tertiary/aromatic N) is 3. The van der Waals surface area contributed by atoms with Gasteiger partial charge in [0.25, 0.3) is 0 Å². The lowest BCUT2D eigenvalue weighted by Gasteiger charge is -2.09. The fourth-order valence-electron chi connectivity index (χ4n) is 3.51. The number of nitriles is 1. The van der Waals surface area contributed by atoms with Gasteiger partial charge in [-0.1, -0.05) is 36.4 Å². The Bertz CT molecular complexity index is 1180. The van der Waals surface area contributed by atoms with E-state index in [1.165, 1.54) is 46.5 Å². The highest BCUT2D eigenvalue weighted by Gasteiger charge is 2.23. The molecule has 3 aromatic rings. The Morgan fingerprint density at radius 1 is 1.28 bits per heavy atom. The summed E-state index contributed by atoms with van der Waals surface area (Å²) in [7, 11) is 0. The van der Waals surface area contributed by atoms with E-state index in [-0.39, 0.29) is 11.7 Å². The van der Waals surface area contributed by atoms with Crippen LogP contribution >= 0.6 is 23.1 Å². The van der Waals surface area contributed by atoms with E-state index in [2.05, 4.69) is 26.6 Å². The zero-order chi connectivity index (χ0) is 22.5. The summed E-state index contributed by atoms with van der Waals surface area (Å²) in [6.07, 6.45) is 8.81. The molecule has 2 aromatic heterocycles. The maximum Gasteiger partial charge on any atom is 0.238 e. The highest BCUT2D eigenvalue weighted by molar-refractivity contribution is 8.00. The van der Waals surface area contributed by atoms with Crippen molar-refractivity contribution in [3.8, 4) is 6.07 Å². The van der Waals surface area contributed by atoms with E-state index in [9.17, 15) is 14.4 Å². The van der Waals surface area contributed by atoms with Crippen molar-refractivity contribution in [3.63, 3.8) is 0 Å². The number of anilines is 1. The van der Waals surface area contributed by atoms with Gasteiger partial charge >= 0.3 is 0 Å². The van der Waals surface area contributed by atoms with Crippen molar-refractivity contribution in [2.75, 3.05) is 5.32 Å². The summed E-state index contributed by atoms with van der Waals surface area (Å²) < 4.78 is 13.0. The maximum atomic E-state index is 13.0. The van der Waals surface area contributed by atoms with Crippen LogP contribution in [0.15, 0.2) is 29.4 Å². The average molecular weight is 468 g/mol. The molecule has 32 heavy (non-hydrogen) atoms. The van der Waals surface area contributed by atoms with Crippen molar-refractivity contribution in [2.24, 2.45) is 0 Å². The number of aromatic nitrogens is 3. The standard InChI is InChI=1S/C23H22FN5OS2/c1-14(21(30)27-22-18(13-25)17-5-3-2-4-6-19(17)32-22)31-23-26-20(28-29-23)12-9-15-7-10-16(24)11-8-15/h7-12,14H,2-6H2,1H3,(H,27,30)(H,26,28,29)/b12-9+. The number of aryl methyl sites for hydroxylation is 1. The number of halogens is 1. The van der Waals surface area contributed by atoms with Crippen molar-refractivity contribution in [3.05, 3.63) is 57.5 Å². The van der Waals surface area contributed by atoms with Gasteiger partial charge in [-0.25, -0.2) is 9.37 Å². The Kier molecular flexibility index (Phi) is 7.02. The quantitative estimate of drug-likeness (QED) is 0.372. The number of hydrogen-bond donors (Lipinski definition) is 2. The van der Waals surface area contributed by atoms with Crippen molar-refractivity contribution < 1.29 is 9.18 Å². The second kappa shape index (κ2) is 10.1. The van der Waals surface area contributed by atoms with Crippen LogP contribution in [0.2, 0.25) is 0 Å². The van der Waals surface area contributed by atoms with Gasteiger partial charge in [-0.3, -0.25) is 9.89 Å². The minimum atomic E-state index is -0.437. The number of aromatic amines is 1. The maximum absolute atomic E-state index is 13.0. The van der Waals surface area contributed by atoms with Gasteiger partial charge in [-0.05, 0) is 61.9 Å². The van der Waals surface area contributed by atoms with Crippen molar-refractivity contribution in [1.29, 1.82) is 5.26 Å². The summed E-state index contributed by atoms with van der Waals surface area (Å²) in [6, 6.07) is 8.42. The minimum absolute atomic E-state index is 0.184. The molecule has 164 valence electrons. The van der Waals surface area contributed by atoms with E-state index in [4.69, 9.17) is 0 Å². The number of fused-ring (bicyclic) bond motifs is 1. The molecule has 1 aliphatic rings. The predicted octanol–water partition coefficient (Wildman–Crippen LogP) is 5.44. The molecule has 6 nitrogen and oxygen atoms in total. The van der Waals surface area contributed by atoms with Gasteiger partial charge in [-0.15, -0.1) is 16.4 Å². The molecule has 4 rings (SSSR count). The average Bonchev–Trinajstić information content (AvgIpc) is 3.29. The van der Waals surface area contributed by atoms with Crippen LogP contribution in [-0.2, 0) is 17.6 Å². The smallest absolute Gasteiger partial charge is 0.238 e. The van der Waals surface area contributed by atoms with E-state index < -0.39 is 5.25 Å². The van der Waals surface area contributed by atoms with Crippen molar-refractivity contribution in [2.45, 2.75) is 49.4 Å². The van der Waals surface area contributed by atoms with Crippen LogP contribution in [0.3, 0.4) is 0 Å². The molecule has 2 N–H and O–H groups in total. The Balaban J connectivity index is 1.38. The normalized spacial score (nSPS) is 14.5. The lowest BCUT2D eigenvalue weighted by Crippen LogP contribution is -2.22. The van der Waals surface area contributed by atoms with Gasteiger partial charge in [0.15, 0.2) is 0 Å². The number of thioether (sulfide) groups is 1. The molecule has 0 bridgehead atoms. The summed E-state index contributed by atoms with van der Waals surface area (Å²) in [5.41, 5.74) is 2.56. The SMILES string of the molecule is CC(Sc1n[nH]c(/C=C/c2ccc(F)cc2)n1)C(=O)Nc1sc2c(c1C#N)CCCCC2. The molecule has 0 radical (unpaired) electrons. The second-order valence-electron chi connectivity index (χ2n) is 7.52. The lowest BCUT2D eigenvalue weighted by atomic mass is 10.1. The number of rotatable bonds is 6. The summed E-state index contributed by atoms with van der Waals surface area (Å²) in [4.78, 5) is 18.4. The molecular formula is C23H22FN5OS2. The summed E-state index contributed by atoms with van der Waals surface area (Å²) in [5, 5.41) is 20.2. The second-order valence-corrected chi connectivity index (χ2v) is 9.93. The molecule has 1 amide bonds. The molecule has 0 spiro atoms. The number of nitrogens with one attached hydrogen (secondary N) is 2. The lowest BCUT2D eigenvalue weighted by molar-refractivity contribution is -0.115. The number of carbonyl (C=O) groups is 1. The van der Waals surface area contributed by atoms with Crippen LogP contribution < -0.4 is 5.32 Å². The van der Waals surface area contributed by atoms with Crippen molar-refractivity contribution >= 4 is 46.2 Å². The number of carbonyl (C=O) groups excluding carboxylic acids is 1. The summed E-state index contributed by atoms with van der Waals surface area (Å²) >= 11 is 2.77. The highest BCUT2D eigenvalue weighted by Crippen LogP contribution is 2.37. The molecule has 0 fully saturated rings. The van der Waals surface area contributed by atoms with E-state index in [0.29, 0.717) is 21.5 Å². The van der Waals surface area contributed by atoms with Gasteiger partial charge in [-0.2, -0.15) is 5.26 Å². The number of thiophene rings is 1. The number of H-pyrrole nitrogens is 1. The fraction of sp³-hybridized carbons (Fsp3) is 0.304. The third-order valence-electron chi connectivity index (χ3n) is 5.21. The van der Waals surface area contributed by atoms with Gasteiger partial charge in [0, 0.05) is 4.88 Å². The van der Waals surface area contributed by atoms with Crippen LogP contribution in [-0.4, -0.2) is 26.3 Å². The van der Waals surface area contributed by atoms with Gasteiger partial charge < -0.3 is 5.32 Å². The van der Waals surface area contributed by atoms with Crippen LogP contribution in [0.1, 0.15) is 53.6 Å². The van der Waals surface area contributed by atoms with Gasteiger partial charge in [0.2, 0.25) is 11.1 Å². The highest BCUT2D eigenvalue weighted by atomic mass is 32.2. The first kappa shape index (κ1) is 22.2. The number of hydrogen-bond acceptors (Lipinski definition) is 6. The molecule has 1 atom stereocenters. The van der Waals surface area contributed by atoms with Crippen LogP contribution in [0.4, 0.5) is 9.39 Å². The minimum Gasteiger partial charge on any atom is -0.316 e. The molecular weight excluding hydrogens is 445 g/mol. The first-order valence-electron chi connectivity index (χ1n) is 10.4. The van der Waals surface area contributed by atoms with Crippen LogP contribution in [0, 0.1) is 17.1 Å². The first-order valence-corrected chi connectivity index (χ1v) is 12.1. The molecule has 1 unspecified atom stereocenters. The molecule has 1 aliphatic carbocycles. The Morgan fingerprint density at radius 2 is 2.06 bits per heavy atom. The van der Waals surface area contributed by atoms with Gasteiger partial charge in [0.1, 0.15) is 22.7 Å². The van der Waals surface area contributed by atoms with Gasteiger partial charge in [0.05, 0.1) is 10.8 Å². The number of benzene rings is 1. The molecule has 0 aliphatic heterocycles. The summed E-state index contributed by atoms with van der Waals surface area (Å²) in [5.74, 6) is 0.0715. The zero-order valence-corrected chi connectivity index (χ0v) is 19.2. The topological polar surface area (TPSA) is 94.5 Å². The number of amides is 1. The summed E-state index contributed by atoms with van der Waals surface area (Å²) in [6.45, 7) is 1.79. The molecule has 0 saturated heterocycles. The Labute approximate surface area is 194 Å². The fourth-order valence-corrected chi connectivity index (χ4v) is 5.48. The van der Waals surface area contributed by atoms with E-state index in [1.54, 1.807) is 31.2 Å².